The minimum absolute atomic E-state index is 0.211. The number of halogens is 3. The van der Waals surface area contributed by atoms with Crippen molar-refractivity contribution in [3.63, 3.8) is 0 Å². The second-order valence-electron chi connectivity index (χ2n) is 13.9. The zero-order chi connectivity index (χ0) is 31.6. The Morgan fingerprint density at radius 2 is 1.20 bits per heavy atom. The van der Waals surface area contributed by atoms with Gasteiger partial charge in [-0.2, -0.15) is 0 Å². The molecule has 2 fully saturated rings. The maximum atomic E-state index is 15.4. The first kappa shape index (κ1) is 33.6. The van der Waals surface area contributed by atoms with Gasteiger partial charge in [-0.25, -0.2) is 13.2 Å². The van der Waals surface area contributed by atoms with Crippen molar-refractivity contribution in [1.29, 1.82) is 0 Å². The van der Waals surface area contributed by atoms with E-state index in [1.165, 1.54) is 64.2 Å². The second kappa shape index (κ2) is 16.7. The first-order valence-corrected chi connectivity index (χ1v) is 18.0. The standard InChI is InChI=1S/C42H53F3/c1-3-5-6-7-8-9-10-12-36-25-28-39(42(45)41(36)44)35-23-21-34(22-24-35)38-27-26-37(29-40(38)43)33-19-17-32(18-20-33)31-15-13-30(11-4-2)14-16-31/h4,11,21-33H,3,5-10,12-20H2,1-2H3/b11-4+. The summed E-state index contributed by atoms with van der Waals surface area (Å²) >= 11 is 0. The number of allylic oxidation sites excluding steroid dienone is 2. The summed E-state index contributed by atoms with van der Waals surface area (Å²) in [6, 6.07) is 16.3. The van der Waals surface area contributed by atoms with Crippen LogP contribution in [-0.2, 0) is 6.42 Å². The molecule has 0 amide bonds. The molecule has 3 aromatic carbocycles. The molecule has 2 saturated carbocycles. The molecule has 0 atom stereocenters. The summed E-state index contributed by atoms with van der Waals surface area (Å²) in [7, 11) is 0. The van der Waals surface area contributed by atoms with E-state index in [0.29, 0.717) is 29.0 Å². The van der Waals surface area contributed by atoms with Gasteiger partial charge in [0.05, 0.1) is 0 Å². The molecule has 0 bridgehead atoms. The van der Waals surface area contributed by atoms with E-state index >= 15 is 8.78 Å². The van der Waals surface area contributed by atoms with Gasteiger partial charge in [0.25, 0.3) is 0 Å². The smallest absolute Gasteiger partial charge is 0.166 e. The highest BCUT2D eigenvalue weighted by molar-refractivity contribution is 5.71. The van der Waals surface area contributed by atoms with Crippen molar-refractivity contribution in [1.82, 2.24) is 0 Å². The summed E-state index contributed by atoms with van der Waals surface area (Å²) in [6.07, 6.45) is 23.4. The van der Waals surface area contributed by atoms with Gasteiger partial charge in [0, 0.05) is 11.1 Å². The zero-order valence-corrected chi connectivity index (χ0v) is 27.6. The van der Waals surface area contributed by atoms with Gasteiger partial charge in [-0.15, -0.1) is 0 Å². The SMILES string of the molecule is C/C=C/C1CCC(C2CCC(c3ccc(-c4ccc(-c5ccc(CCCCCCCCC)c(F)c5F)cc4)c(F)c3)CC2)CC1. The lowest BCUT2D eigenvalue weighted by Crippen LogP contribution is -2.25. The fourth-order valence-electron chi connectivity index (χ4n) is 8.13. The lowest BCUT2D eigenvalue weighted by molar-refractivity contribution is 0.171. The average molecular weight is 615 g/mol. The summed E-state index contributed by atoms with van der Waals surface area (Å²) in [5.41, 5.74) is 3.70. The van der Waals surface area contributed by atoms with Crippen LogP contribution in [0.5, 0.6) is 0 Å². The van der Waals surface area contributed by atoms with Crippen LogP contribution in [0.15, 0.2) is 66.7 Å². The van der Waals surface area contributed by atoms with Gasteiger partial charge in [0.1, 0.15) is 5.82 Å². The Morgan fingerprint density at radius 1 is 0.622 bits per heavy atom. The van der Waals surface area contributed by atoms with E-state index in [-0.39, 0.29) is 11.4 Å². The van der Waals surface area contributed by atoms with E-state index in [1.54, 1.807) is 30.3 Å². The normalized spacial score (nSPS) is 22.2. The lowest BCUT2D eigenvalue weighted by Gasteiger charge is -2.37. The third kappa shape index (κ3) is 8.72. The van der Waals surface area contributed by atoms with Crippen LogP contribution >= 0.6 is 0 Å². The van der Waals surface area contributed by atoms with Crippen LogP contribution in [0.3, 0.4) is 0 Å². The van der Waals surface area contributed by atoms with Crippen LogP contribution in [-0.4, -0.2) is 0 Å². The van der Waals surface area contributed by atoms with Gasteiger partial charge in [-0.3, -0.25) is 0 Å². The Morgan fingerprint density at radius 3 is 1.82 bits per heavy atom. The number of rotatable bonds is 13. The molecule has 0 heterocycles. The van der Waals surface area contributed by atoms with E-state index in [2.05, 4.69) is 32.1 Å². The summed E-state index contributed by atoms with van der Waals surface area (Å²) in [5, 5.41) is 0. The average Bonchev–Trinajstić information content (AvgIpc) is 3.07. The minimum atomic E-state index is -0.797. The molecule has 0 spiro atoms. The number of hydrogen-bond donors (Lipinski definition) is 0. The molecule has 45 heavy (non-hydrogen) atoms. The number of benzene rings is 3. The van der Waals surface area contributed by atoms with E-state index in [9.17, 15) is 4.39 Å². The summed E-state index contributed by atoms with van der Waals surface area (Å²) in [4.78, 5) is 0. The molecule has 0 aromatic heterocycles. The number of aryl methyl sites for hydroxylation is 1. The highest BCUT2D eigenvalue weighted by Gasteiger charge is 2.31. The molecule has 0 aliphatic heterocycles. The number of unbranched alkanes of at least 4 members (excludes halogenated alkanes) is 6. The van der Waals surface area contributed by atoms with Crippen molar-refractivity contribution in [2.75, 3.05) is 0 Å². The third-order valence-corrected chi connectivity index (χ3v) is 10.9. The van der Waals surface area contributed by atoms with E-state index in [4.69, 9.17) is 0 Å². The minimum Gasteiger partial charge on any atom is -0.206 e. The van der Waals surface area contributed by atoms with Crippen LogP contribution in [0.4, 0.5) is 13.2 Å². The molecule has 0 saturated heterocycles. The first-order valence-electron chi connectivity index (χ1n) is 18.0. The van der Waals surface area contributed by atoms with Gasteiger partial charge < -0.3 is 0 Å². The van der Waals surface area contributed by atoms with Crippen molar-refractivity contribution in [3.8, 4) is 22.3 Å². The Bertz CT molecular complexity index is 1370. The molecular formula is C42H53F3. The lowest BCUT2D eigenvalue weighted by atomic mass is 9.68. The van der Waals surface area contributed by atoms with Gasteiger partial charge in [-0.1, -0.05) is 106 Å². The fourth-order valence-corrected chi connectivity index (χ4v) is 8.13. The van der Waals surface area contributed by atoms with Gasteiger partial charge in [0.15, 0.2) is 11.6 Å². The van der Waals surface area contributed by atoms with Crippen molar-refractivity contribution in [3.05, 3.63) is 95.3 Å². The molecule has 5 rings (SSSR count). The predicted molar refractivity (Wildman–Crippen MR) is 184 cm³/mol. The molecule has 0 N–H and O–H groups in total. The van der Waals surface area contributed by atoms with Crippen molar-refractivity contribution in [2.45, 2.75) is 122 Å². The molecule has 0 nitrogen and oxygen atoms in total. The van der Waals surface area contributed by atoms with Crippen molar-refractivity contribution < 1.29 is 13.2 Å². The van der Waals surface area contributed by atoms with Gasteiger partial charge >= 0.3 is 0 Å². The fraction of sp³-hybridized carbons (Fsp3) is 0.524. The van der Waals surface area contributed by atoms with Crippen molar-refractivity contribution >= 4 is 0 Å². The maximum absolute atomic E-state index is 15.4. The highest BCUT2D eigenvalue weighted by atomic mass is 19.2. The molecule has 3 heteroatoms. The van der Waals surface area contributed by atoms with E-state index < -0.39 is 11.6 Å². The van der Waals surface area contributed by atoms with E-state index in [0.717, 1.165) is 61.0 Å². The topological polar surface area (TPSA) is 0 Å². The molecule has 2 aliphatic rings. The monoisotopic (exact) mass is 614 g/mol. The third-order valence-electron chi connectivity index (χ3n) is 10.9. The molecular weight excluding hydrogens is 561 g/mol. The van der Waals surface area contributed by atoms with E-state index in [1.807, 2.05) is 18.2 Å². The first-order chi connectivity index (χ1) is 22.0. The Balaban J connectivity index is 1.15. The summed E-state index contributed by atoms with van der Waals surface area (Å²) in [6.45, 7) is 4.33. The Kier molecular flexibility index (Phi) is 12.4. The van der Waals surface area contributed by atoms with Gasteiger partial charge in [-0.05, 0) is 123 Å². The van der Waals surface area contributed by atoms with Crippen LogP contribution in [0.1, 0.15) is 127 Å². The molecule has 0 unspecified atom stereocenters. The molecule has 0 radical (unpaired) electrons. The summed E-state index contributed by atoms with van der Waals surface area (Å²) in [5.74, 6) is 1.15. The highest BCUT2D eigenvalue weighted by Crippen LogP contribution is 2.44. The van der Waals surface area contributed by atoms with Crippen LogP contribution in [0, 0.1) is 35.2 Å². The number of hydrogen-bond acceptors (Lipinski definition) is 0. The quantitative estimate of drug-likeness (QED) is 0.133. The van der Waals surface area contributed by atoms with Crippen molar-refractivity contribution in [2.24, 2.45) is 17.8 Å². The predicted octanol–water partition coefficient (Wildman–Crippen LogP) is 13.4. The largest absolute Gasteiger partial charge is 0.206 e. The maximum Gasteiger partial charge on any atom is 0.166 e. The summed E-state index contributed by atoms with van der Waals surface area (Å²) < 4.78 is 45.5. The zero-order valence-electron chi connectivity index (χ0n) is 27.6. The van der Waals surface area contributed by atoms with Gasteiger partial charge in [0.2, 0.25) is 0 Å². The molecule has 2 aliphatic carbocycles. The molecule has 242 valence electrons. The van der Waals surface area contributed by atoms with Crippen LogP contribution < -0.4 is 0 Å². The molecule has 3 aromatic rings. The van der Waals surface area contributed by atoms with Crippen LogP contribution in [0.2, 0.25) is 0 Å². The Labute approximate surface area is 270 Å². The Hall–Kier alpha value is -2.81. The van der Waals surface area contributed by atoms with Crippen LogP contribution in [0.25, 0.3) is 22.3 Å². The second-order valence-corrected chi connectivity index (χ2v) is 13.9.